The molecule has 2 fully saturated rings. The molecule has 2 atom stereocenters. The van der Waals surface area contributed by atoms with Crippen LogP contribution in [-0.4, -0.2) is 68.1 Å². The van der Waals surface area contributed by atoms with Crippen molar-refractivity contribution in [2.45, 2.75) is 45.8 Å². The minimum Gasteiger partial charge on any atom is -0.483 e. The fourth-order valence-corrected chi connectivity index (χ4v) is 4.57. The Bertz CT molecular complexity index is 1030. The predicted octanol–water partition coefficient (Wildman–Crippen LogP) is 1.93. The van der Waals surface area contributed by atoms with Crippen molar-refractivity contribution in [3.05, 3.63) is 51.3 Å². The third-order valence-electron chi connectivity index (χ3n) is 6.09. The molecule has 2 saturated heterocycles. The van der Waals surface area contributed by atoms with Gasteiger partial charge in [-0.15, -0.1) is 0 Å². The number of aromatic nitrogens is 2. The largest absolute Gasteiger partial charge is 0.483 e. The van der Waals surface area contributed by atoms with Gasteiger partial charge in [0.25, 0.3) is 11.8 Å². The smallest absolute Gasteiger partial charge is 0.320 e. The highest BCUT2D eigenvalue weighted by molar-refractivity contribution is 5.97. The number of fused-ring (bicyclic) bond motifs is 2. The summed E-state index contributed by atoms with van der Waals surface area (Å²) >= 11 is 0. The van der Waals surface area contributed by atoms with Crippen LogP contribution >= 0.6 is 0 Å². The monoisotopic (exact) mass is 427 g/mol. The molecule has 31 heavy (non-hydrogen) atoms. The highest BCUT2D eigenvalue weighted by atomic mass is 16.6. The SMILES string of the molecule is CCn1ncc([N+](=O)[O-])c1C(=O)N1C[C@@H]2C[C@H]1CN2C(=O)COc1c(C)cccc1C. The number of ether oxygens (including phenoxy) is 1. The third kappa shape index (κ3) is 3.62. The van der Waals surface area contributed by atoms with Crippen molar-refractivity contribution in [2.24, 2.45) is 0 Å². The van der Waals surface area contributed by atoms with Crippen LogP contribution in [0.4, 0.5) is 5.69 Å². The van der Waals surface area contributed by atoms with Crippen molar-refractivity contribution in [1.29, 1.82) is 0 Å². The van der Waals surface area contributed by atoms with Crippen LogP contribution in [0, 0.1) is 24.0 Å². The topological polar surface area (TPSA) is 111 Å². The number of para-hydroxylation sites is 1. The molecule has 2 bridgehead atoms. The highest BCUT2D eigenvalue weighted by Gasteiger charge is 2.48. The van der Waals surface area contributed by atoms with Crippen LogP contribution in [0.5, 0.6) is 5.75 Å². The van der Waals surface area contributed by atoms with E-state index in [0.29, 0.717) is 26.1 Å². The van der Waals surface area contributed by atoms with Crippen molar-refractivity contribution < 1.29 is 19.2 Å². The molecule has 0 aliphatic carbocycles. The summed E-state index contributed by atoms with van der Waals surface area (Å²) in [6.45, 7) is 6.71. The molecule has 0 unspecified atom stereocenters. The number of likely N-dealkylation sites (tertiary alicyclic amines) is 2. The third-order valence-corrected chi connectivity index (χ3v) is 6.09. The number of nitro groups is 1. The van der Waals surface area contributed by atoms with Crippen molar-refractivity contribution in [3.63, 3.8) is 0 Å². The molecule has 3 heterocycles. The van der Waals surface area contributed by atoms with Gasteiger partial charge in [-0.1, -0.05) is 18.2 Å². The van der Waals surface area contributed by atoms with Gasteiger partial charge in [0, 0.05) is 19.6 Å². The zero-order valence-electron chi connectivity index (χ0n) is 17.8. The molecule has 10 heteroatoms. The Morgan fingerprint density at radius 2 is 1.84 bits per heavy atom. The van der Waals surface area contributed by atoms with Crippen LogP contribution in [0.1, 0.15) is 35.0 Å². The number of benzene rings is 1. The van der Waals surface area contributed by atoms with E-state index in [2.05, 4.69) is 5.10 Å². The van der Waals surface area contributed by atoms with Crippen LogP contribution in [0.25, 0.3) is 0 Å². The molecule has 2 aliphatic heterocycles. The minimum atomic E-state index is -0.582. The highest BCUT2D eigenvalue weighted by Crippen LogP contribution is 2.33. The number of carbonyl (C=O) groups excluding carboxylic acids is 2. The van der Waals surface area contributed by atoms with Gasteiger partial charge in [-0.25, -0.2) is 0 Å². The van der Waals surface area contributed by atoms with Gasteiger partial charge in [-0.3, -0.25) is 24.4 Å². The van der Waals surface area contributed by atoms with E-state index in [9.17, 15) is 19.7 Å². The van der Waals surface area contributed by atoms with Crippen LogP contribution in [0.3, 0.4) is 0 Å². The van der Waals surface area contributed by atoms with E-state index >= 15 is 0 Å². The lowest BCUT2D eigenvalue weighted by atomic mass is 10.1. The zero-order valence-corrected chi connectivity index (χ0v) is 17.8. The normalized spacial score (nSPS) is 19.7. The van der Waals surface area contributed by atoms with Gasteiger partial charge < -0.3 is 14.5 Å². The molecule has 1 aromatic carbocycles. The van der Waals surface area contributed by atoms with Crippen molar-refractivity contribution in [3.8, 4) is 5.75 Å². The van der Waals surface area contributed by atoms with Crippen LogP contribution in [0.2, 0.25) is 0 Å². The summed E-state index contributed by atoms with van der Waals surface area (Å²) < 4.78 is 7.15. The van der Waals surface area contributed by atoms with E-state index in [4.69, 9.17) is 4.74 Å². The van der Waals surface area contributed by atoms with Gasteiger partial charge in [0.05, 0.1) is 17.0 Å². The zero-order chi connectivity index (χ0) is 22.3. The van der Waals surface area contributed by atoms with E-state index in [1.807, 2.05) is 32.0 Å². The second-order valence-corrected chi connectivity index (χ2v) is 8.01. The fraction of sp³-hybridized carbons (Fsp3) is 0.476. The van der Waals surface area contributed by atoms with E-state index in [1.165, 1.54) is 4.68 Å². The number of aryl methyl sites for hydroxylation is 3. The van der Waals surface area contributed by atoms with E-state index in [-0.39, 0.29) is 36.0 Å². The first-order chi connectivity index (χ1) is 14.8. The van der Waals surface area contributed by atoms with Crippen molar-refractivity contribution in [1.82, 2.24) is 19.6 Å². The number of amides is 2. The van der Waals surface area contributed by atoms with Crippen LogP contribution in [-0.2, 0) is 11.3 Å². The molecule has 10 nitrogen and oxygen atoms in total. The molecule has 2 aromatic rings. The Kier molecular flexibility index (Phi) is 5.38. The lowest BCUT2D eigenvalue weighted by Crippen LogP contribution is -2.52. The van der Waals surface area contributed by atoms with Gasteiger partial charge in [-0.2, -0.15) is 5.10 Å². The van der Waals surface area contributed by atoms with Gasteiger partial charge >= 0.3 is 5.69 Å². The molecule has 0 saturated carbocycles. The Hall–Kier alpha value is -3.43. The Morgan fingerprint density at radius 3 is 2.42 bits per heavy atom. The number of hydrogen-bond acceptors (Lipinski definition) is 6. The first-order valence-corrected chi connectivity index (χ1v) is 10.3. The van der Waals surface area contributed by atoms with Crippen molar-refractivity contribution >= 4 is 17.5 Å². The molecule has 4 rings (SSSR count). The maximum atomic E-state index is 13.1. The van der Waals surface area contributed by atoms with E-state index in [1.54, 1.807) is 16.7 Å². The molecule has 0 N–H and O–H groups in total. The lowest BCUT2D eigenvalue weighted by molar-refractivity contribution is -0.385. The number of rotatable bonds is 6. The quantitative estimate of drug-likeness (QED) is 0.515. The second kappa shape index (κ2) is 8.01. The molecule has 0 radical (unpaired) electrons. The van der Waals surface area contributed by atoms with Crippen LogP contribution < -0.4 is 4.74 Å². The maximum absolute atomic E-state index is 13.1. The average molecular weight is 427 g/mol. The van der Waals surface area contributed by atoms with E-state index < -0.39 is 10.8 Å². The Labute approximate surface area is 179 Å². The molecule has 164 valence electrons. The molecule has 2 aliphatic rings. The Morgan fingerprint density at radius 1 is 1.19 bits per heavy atom. The molecule has 1 aromatic heterocycles. The average Bonchev–Trinajstić information content (AvgIpc) is 3.46. The molecular weight excluding hydrogens is 402 g/mol. The van der Waals surface area contributed by atoms with Gasteiger partial charge in [0.1, 0.15) is 11.9 Å². The summed E-state index contributed by atoms with van der Waals surface area (Å²) in [7, 11) is 0. The predicted molar refractivity (Wildman–Crippen MR) is 111 cm³/mol. The number of hydrogen-bond donors (Lipinski definition) is 0. The number of piperazine rings is 1. The van der Waals surface area contributed by atoms with Crippen molar-refractivity contribution in [2.75, 3.05) is 19.7 Å². The molecular formula is C21H25N5O5. The number of carbonyl (C=O) groups is 2. The summed E-state index contributed by atoms with van der Waals surface area (Å²) in [6.07, 6.45) is 1.78. The first kappa shape index (κ1) is 20.8. The molecule has 0 spiro atoms. The fourth-order valence-electron chi connectivity index (χ4n) is 4.57. The van der Waals surface area contributed by atoms with Gasteiger partial charge in [0.15, 0.2) is 6.61 Å². The van der Waals surface area contributed by atoms with E-state index in [0.717, 1.165) is 23.1 Å². The first-order valence-electron chi connectivity index (χ1n) is 10.3. The molecule has 2 amide bonds. The number of nitrogens with zero attached hydrogens (tertiary/aromatic N) is 5. The van der Waals surface area contributed by atoms with Gasteiger partial charge in [0.2, 0.25) is 5.69 Å². The second-order valence-electron chi connectivity index (χ2n) is 8.01. The summed E-state index contributed by atoms with van der Waals surface area (Å²) in [5.41, 5.74) is 1.66. The minimum absolute atomic E-state index is 0.00344. The maximum Gasteiger partial charge on any atom is 0.320 e. The Balaban J connectivity index is 1.42. The van der Waals surface area contributed by atoms with Crippen LogP contribution in [0.15, 0.2) is 24.4 Å². The summed E-state index contributed by atoms with van der Waals surface area (Å²) in [5, 5.41) is 15.3. The summed E-state index contributed by atoms with van der Waals surface area (Å²) in [4.78, 5) is 40.0. The standard InChI is InChI=1S/C21H25N5O5/c1-4-25-19(17(9-22-25)26(29)30)21(28)24-11-15-8-16(24)10-23(15)18(27)12-31-20-13(2)6-5-7-14(20)3/h5-7,9,15-16H,4,8,10-12H2,1-3H3/t15-,16-/m0/s1. The lowest BCUT2D eigenvalue weighted by Gasteiger charge is -2.34. The summed E-state index contributed by atoms with van der Waals surface area (Å²) in [5.74, 6) is 0.196. The van der Waals surface area contributed by atoms with Gasteiger partial charge in [-0.05, 0) is 38.3 Å². The summed E-state index contributed by atoms with van der Waals surface area (Å²) in [6, 6.07) is 5.54.